The highest BCUT2D eigenvalue weighted by Gasteiger charge is 2.27. The van der Waals surface area contributed by atoms with Gasteiger partial charge in [-0.15, -0.1) is 0 Å². The minimum absolute atomic E-state index is 0.00490. The van der Waals surface area contributed by atoms with Gasteiger partial charge in [0.1, 0.15) is 4.90 Å². The summed E-state index contributed by atoms with van der Waals surface area (Å²) in [5.41, 5.74) is 6.04. The molecule has 0 bridgehead atoms. The molecule has 1 aromatic rings. The predicted molar refractivity (Wildman–Crippen MR) is 79.3 cm³/mol. The van der Waals surface area contributed by atoms with Crippen LogP contribution in [0.1, 0.15) is 36.5 Å². The van der Waals surface area contributed by atoms with Crippen LogP contribution in [-0.4, -0.2) is 27.5 Å². The molecule has 2 atom stereocenters. The summed E-state index contributed by atoms with van der Waals surface area (Å²) in [7, 11) is -2.42. The van der Waals surface area contributed by atoms with Crippen LogP contribution in [-0.2, 0) is 14.8 Å². The summed E-state index contributed by atoms with van der Waals surface area (Å²) in [6.07, 6.45) is 2.68. The van der Waals surface area contributed by atoms with Crippen LogP contribution < -0.4 is 10.5 Å². The van der Waals surface area contributed by atoms with Gasteiger partial charge in [0.15, 0.2) is 0 Å². The average molecular weight is 312 g/mol. The van der Waals surface area contributed by atoms with Crippen molar-refractivity contribution in [3.8, 4) is 0 Å². The largest absolute Gasteiger partial charge is 0.465 e. The number of hydrogen-bond donors (Lipinski definition) is 2. The van der Waals surface area contributed by atoms with Crippen molar-refractivity contribution in [3.05, 3.63) is 23.8 Å². The van der Waals surface area contributed by atoms with Gasteiger partial charge in [-0.3, -0.25) is 0 Å². The molecular formula is C14H20N2O4S. The molecule has 0 amide bonds. The van der Waals surface area contributed by atoms with Gasteiger partial charge in [0.05, 0.1) is 18.4 Å². The third-order valence-electron chi connectivity index (χ3n) is 3.74. The van der Waals surface area contributed by atoms with Crippen LogP contribution in [0.2, 0.25) is 0 Å². The van der Waals surface area contributed by atoms with E-state index < -0.39 is 16.0 Å². The first-order chi connectivity index (χ1) is 9.83. The van der Waals surface area contributed by atoms with Gasteiger partial charge in [-0.2, -0.15) is 0 Å². The smallest absolute Gasteiger partial charge is 0.337 e. The molecule has 1 aliphatic carbocycles. The molecule has 1 saturated carbocycles. The summed E-state index contributed by atoms with van der Waals surface area (Å²) < 4.78 is 32.0. The molecule has 1 aromatic carbocycles. The molecule has 2 rings (SSSR count). The van der Waals surface area contributed by atoms with Crippen LogP contribution in [0.5, 0.6) is 0 Å². The maximum Gasteiger partial charge on any atom is 0.337 e. The number of sulfonamides is 1. The molecule has 7 heteroatoms. The number of hydrogen-bond acceptors (Lipinski definition) is 5. The van der Waals surface area contributed by atoms with Crippen molar-refractivity contribution < 1.29 is 17.9 Å². The van der Waals surface area contributed by atoms with E-state index in [1.165, 1.54) is 25.3 Å². The van der Waals surface area contributed by atoms with Crippen molar-refractivity contribution in [1.82, 2.24) is 4.72 Å². The molecule has 0 heterocycles. The van der Waals surface area contributed by atoms with Crippen molar-refractivity contribution >= 4 is 21.7 Å². The first-order valence-corrected chi connectivity index (χ1v) is 8.32. The number of anilines is 1. The van der Waals surface area contributed by atoms with Gasteiger partial charge in [0.25, 0.3) is 0 Å². The Kier molecular flexibility index (Phi) is 4.53. The van der Waals surface area contributed by atoms with E-state index in [9.17, 15) is 13.2 Å². The van der Waals surface area contributed by atoms with Crippen LogP contribution in [0.25, 0.3) is 0 Å². The number of rotatable bonds is 4. The second kappa shape index (κ2) is 6.03. The van der Waals surface area contributed by atoms with Gasteiger partial charge in [-0.25, -0.2) is 17.9 Å². The minimum atomic E-state index is -3.67. The van der Waals surface area contributed by atoms with Crippen LogP contribution in [0.4, 0.5) is 5.69 Å². The molecule has 0 spiro atoms. The lowest BCUT2D eigenvalue weighted by molar-refractivity contribution is 0.0600. The molecular weight excluding hydrogens is 292 g/mol. The van der Waals surface area contributed by atoms with E-state index >= 15 is 0 Å². The minimum Gasteiger partial charge on any atom is -0.465 e. The fourth-order valence-electron chi connectivity index (χ4n) is 2.64. The molecule has 0 aliphatic heterocycles. The third-order valence-corrected chi connectivity index (χ3v) is 5.33. The number of nitrogen functional groups attached to an aromatic ring is 1. The molecule has 1 aliphatic rings. The Morgan fingerprint density at radius 2 is 2.10 bits per heavy atom. The summed E-state index contributed by atoms with van der Waals surface area (Å²) in [4.78, 5) is 11.4. The Balaban J connectivity index is 2.22. The van der Waals surface area contributed by atoms with Crippen molar-refractivity contribution in [2.24, 2.45) is 5.92 Å². The van der Waals surface area contributed by atoms with Crippen molar-refractivity contribution in [2.45, 2.75) is 37.1 Å². The zero-order chi connectivity index (χ0) is 15.6. The zero-order valence-corrected chi connectivity index (χ0v) is 12.9. The van der Waals surface area contributed by atoms with E-state index in [4.69, 9.17) is 5.73 Å². The van der Waals surface area contributed by atoms with Crippen LogP contribution in [0.15, 0.2) is 23.1 Å². The number of nitrogens with one attached hydrogen (secondary N) is 1. The topological polar surface area (TPSA) is 98.5 Å². The molecule has 0 radical (unpaired) electrons. The average Bonchev–Trinajstić information content (AvgIpc) is 2.81. The summed E-state index contributed by atoms with van der Waals surface area (Å²) in [5.74, 6) is -0.0278. The summed E-state index contributed by atoms with van der Waals surface area (Å²) in [6.45, 7) is 2.10. The summed E-state index contributed by atoms with van der Waals surface area (Å²) in [5, 5.41) is 0. The van der Waals surface area contributed by atoms with E-state index in [2.05, 4.69) is 16.4 Å². The molecule has 21 heavy (non-hydrogen) atoms. The highest BCUT2D eigenvalue weighted by molar-refractivity contribution is 7.89. The Morgan fingerprint density at radius 3 is 2.62 bits per heavy atom. The monoisotopic (exact) mass is 312 g/mol. The maximum absolute atomic E-state index is 12.4. The lowest BCUT2D eigenvalue weighted by atomic mass is 10.1. The van der Waals surface area contributed by atoms with Gasteiger partial charge >= 0.3 is 5.97 Å². The first kappa shape index (κ1) is 15.8. The Bertz CT molecular complexity index is 642. The Morgan fingerprint density at radius 1 is 1.38 bits per heavy atom. The third kappa shape index (κ3) is 3.54. The lowest BCUT2D eigenvalue weighted by Gasteiger charge is -2.14. The highest BCUT2D eigenvalue weighted by Crippen LogP contribution is 2.27. The lowest BCUT2D eigenvalue weighted by Crippen LogP contribution is -2.33. The Labute approximate surface area is 124 Å². The SMILES string of the molecule is COC(=O)c1ccc(S(=O)(=O)NC2CCC(C)C2)c(N)c1. The van der Waals surface area contributed by atoms with Crippen LogP contribution >= 0.6 is 0 Å². The van der Waals surface area contributed by atoms with Gasteiger partial charge in [-0.05, 0) is 43.4 Å². The fraction of sp³-hybridized carbons (Fsp3) is 0.500. The Hall–Kier alpha value is -1.60. The maximum atomic E-state index is 12.4. The quantitative estimate of drug-likeness (QED) is 0.649. The number of carbonyl (C=O) groups is 1. The highest BCUT2D eigenvalue weighted by atomic mass is 32.2. The molecule has 0 saturated heterocycles. The molecule has 1 fully saturated rings. The van der Waals surface area contributed by atoms with E-state index in [0.29, 0.717) is 5.92 Å². The van der Waals surface area contributed by atoms with E-state index in [-0.39, 0.29) is 22.2 Å². The standard InChI is InChI=1S/C14H20N2O4S/c1-9-3-5-11(7-9)16-21(18,19)13-6-4-10(8-12(13)15)14(17)20-2/h4,6,8-9,11,16H,3,5,7,15H2,1-2H3. The van der Waals surface area contributed by atoms with E-state index in [0.717, 1.165) is 19.3 Å². The number of benzene rings is 1. The van der Waals surface area contributed by atoms with Crippen molar-refractivity contribution in [2.75, 3.05) is 12.8 Å². The summed E-state index contributed by atoms with van der Waals surface area (Å²) >= 11 is 0. The van der Waals surface area contributed by atoms with Gasteiger partial charge in [0, 0.05) is 6.04 Å². The van der Waals surface area contributed by atoms with E-state index in [1.807, 2.05) is 0 Å². The van der Waals surface area contributed by atoms with Crippen molar-refractivity contribution in [3.63, 3.8) is 0 Å². The molecule has 3 N–H and O–H groups in total. The van der Waals surface area contributed by atoms with Crippen LogP contribution in [0, 0.1) is 5.92 Å². The van der Waals surface area contributed by atoms with Gasteiger partial charge < -0.3 is 10.5 Å². The predicted octanol–water partition coefficient (Wildman–Crippen LogP) is 1.52. The molecule has 6 nitrogen and oxygen atoms in total. The second-order valence-corrected chi connectivity index (χ2v) is 7.16. The first-order valence-electron chi connectivity index (χ1n) is 6.83. The van der Waals surface area contributed by atoms with Gasteiger partial charge in [0.2, 0.25) is 10.0 Å². The molecule has 2 unspecified atom stereocenters. The van der Waals surface area contributed by atoms with Crippen molar-refractivity contribution in [1.29, 1.82) is 0 Å². The number of nitrogens with two attached hydrogens (primary N) is 1. The zero-order valence-electron chi connectivity index (χ0n) is 12.1. The van der Waals surface area contributed by atoms with E-state index in [1.54, 1.807) is 0 Å². The normalized spacial score (nSPS) is 22.2. The second-order valence-electron chi connectivity index (χ2n) is 5.48. The van der Waals surface area contributed by atoms with Gasteiger partial charge in [-0.1, -0.05) is 6.92 Å². The fourth-order valence-corrected chi connectivity index (χ4v) is 4.03. The number of ether oxygens (including phenoxy) is 1. The molecule has 0 aromatic heterocycles. The van der Waals surface area contributed by atoms with Crippen LogP contribution in [0.3, 0.4) is 0 Å². The molecule has 116 valence electrons. The number of esters is 1. The summed E-state index contributed by atoms with van der Waals surface area (Å²) in [6, 6.07) is 4.00. The number of methoxy groups -OCH3 is 1. The number of carbonyl (C=O) groups excluding carboxylic acids is 1.